The molecule has 0 saturated heterocycles. The minimum absolute atomic E-state index is 0.562. The van der Waals surface area contributed by atoms with Crippen molar-refractivity contribution in [3.63, 3.8) is 0 Å². The van der Waals surface area contributed by atoms with Crippen LogP contribution in [0.3, 0.4) is 0 Å². The molecule has 0 fully saturated rings. The molecule has 7 heteroatoms. The van der Waals surface area contributed by atoms with E-state index in [0.717, 1.165) is 0 Å². The van der Waals surface area contributed by atoms with Crippen LogP contribution in [-0.4, -0.2) is 21.9 Å². The van der Waals surface area contributed by atoms with Crippen molar-refractivity contribution in [2.24, 2.45) is 5.73 Å². The summed E-state index contributed by atoms with van der Waals surface area (Å²) in [5.74, 6) is 0. The maximum absolute atomic E-state index is 10.6. The Morgan fingerprint density at radius 2 is 1.80 bits per heavy atom. The summed E-state index contributed by atoms with van der Waals surface area (Å²) in [6, 6.07) is 0. The third kappa shape index (κ3) is 1.14. The van der Waals surface area contributed by atoms with Crippen LogP contribution in [-0.2, 0) is 19.7 Å². The Morgan fingerprint density at radius 3 is 1.90 bits per heavy atom. The van der Waals surface area contributed by atoms with Gasteiger partial charge in [0.25, 0.3) is 0 Å². The van der Waals surface area contributed by atoms with Gasteiger partial charge in [0, 0.05) is 0 Å². The van der Waals surface area contributed by atoms with Gasteiger partial charge >= 0.3 is 0 Å². The third-order valence-electron chi connectivity index (χ3n) is 0.974. The van der Waals surface area contributed by atoms with Crippen LogP contribution in [0.25, 0.3) is 0 Å². The molecule has 58 valence electrons. The zero-order chi connectivity index (χ0) is 7.99. The predicted molar refractivity (Wildman–Crippen MR) is 35.0 cm³/mol. The van der Waals surface area contributed by atoms with Crippen molar-refractivity contribution in [2.45, 2.75) is 0 Å². The van der Waals surface area contributed by atoms with Crippen molar-refractivity contribution in [1.82, 2.24) is 0 Å². The molecule has 0 atom stereocenters. The minimum atomic E-state index is -3.68. The molecule has 0 spiro atoms. The Balaban J connectivity index is 3.40. The monoisotopic (exact) mass is 183 g/mol. The molecule has 1 aliphatic heterocycles. The van der Waals surface area contributed by atoms with Gasteiger partial charge in [-0.2, -0.15) is 0 Å². The second kappa shape index (κ2) is 1.73. The van der Waals surface area contributed by atoms with Crippen LogP contribution in [0, 0.1) is 0 Å². The van der Waals surface area contributed by atoms with E-state index in [1.807, 2.05) is 0 Å². The number of sulfone groups is 2. The van der Waals surface area contributed by atoms with Crippen LogP contribution in [0.1, 0.15) is 0 Å². The maximum atomic E-state index is 10.6. The Bertz CT molecular complexity index is 373. The largest absolute Gasteiger partial charge is 0.389 e. The lowest BCUT2D eigenvalue weighted by molar-refractivity contribution is 0.600. The molecule has 0 aromatic rings. The molecule has 0 aromatic heterocycles. The van der Waals surface area contributed by atoms with E-state index in [4.69, 9.17) is 5.73 Å². The van der Waals surface area contributed by atoms with Gasteiger partial charge in [0.05, 0.1) is 5.41 Å². The van der Waals surface area contributed by atoms with Gasteiger partial charge in [-0.1, -0.05) is 0 Å². The fourth-order valence-electron chi connectivity index (χ4n) is 0.569. The van der Waals surface area contributed by atoms with Crippen molar-refractivity contribution >= 4 is 19.7 Å². The molecule has 0 radical (unpaired) electrons. The van der Waals surface area contributed by atoms with Gasteiger partial charge in [-0.25, -0.2) is 16.8 Å². The Labute approximate surface area is 58.4 Å². The summed E-state index contributed by atoms with van der Waals surface area (Å²) in [5, 5.41) is -0.874. The summed E-state index contributed by atoms with van der Waals surface area (Å²) >= 11 is 0. The van der Waals surface area contributed by atoms with E-state index in [1.165, 1.54) is 0 Å². The standard InChI is InChI=1S/C3H5NO4S2/c4-3-1-9(5,6)2-10(3,7)8/h1H,2,4H2. The van der Waals surface area contributed by atoms with Gasteiger partial charge in [0.1, 0.15) is 5.03 Å². The summed E-state index contributed by atoms with van der Waals surface area (Å²) < 4.78 is 42.3. The zero-order valence-electron chi connectivity index (χ0n) is 4.81. The lowest BCUT2D eigenvalue weighted by Crippen LogP contribution is -2.11. The summed E-state index contributed by atoms with van der Waals surface area (Å²) in [4.78, 5) is 0. The van der Waals surface area contributed by atoms with Gasteiger partial charge in [-0.15, -0.1) is 0 Å². The highest BCUT2D eigenvalue weighted by atomic mass is 32.3. The molecular formula is C3H5NO4S2. The Kier molecular flexibility index (Phi) is 1.30. The molecule has 0 aromatic carbocycles. The second-order valence-electron chi connectivity index (χ2n) is 1.92. The highest BCUT2D eigenvalue weighted by Gasteiger charge is 2.31. The van der Waals surface area contributed by atoms with Crippen molar-refractivity contribution in [1.29, 1.82) is 0 Å². The first-order valence-electron chi connectivity index (χ1n) is 2.26. The van der Waals surface area contributed by atoms with Crippen LogP contribution < -0.4 is 5.73 Å². The molecule has 0 aliphatic carbocycles. The molecule has 1 heterocycles. The van der Waals surface area contributed by atoms with Crippen LogP contribution >= 0.6 is 0 Å². The van der Waals surface area contributed by atoms with Crippen LogP contribution in [0.2, 0.25) is 0 Å². The molecule has 1 aliphatic rings. The molecular weight excluding hydrogens is 178 g/mol. The summed E-state index contributed by atoms with van der Waals surface area (Å²) in [7, 11) is -7.26. The smallest absolute Gasteiger partial charge is 0.208 e. The fourth-order valence-corrected chi connectivity index (χ4v) is 4.50. The first-order valence-corrected chi connectivity index (χ1v) is 5.63. The van der Waals surface area contributed by atoms with E-state index in [2.05, 4.69) is 0 Å². The Hall–Kier alpha value is -0.560. The molecule has 0 unspecified atom stereocenters. The van der Waals surface area contributed by atoms with Gasteiger partial charge in [-0.05, 0) is 0 Å². The summed E-state index contributed by atoms with van der Waals surface area (Å²) in [5.41, 5.74) is 4.88. The molecule has 5 nitrogen and oxygen atoms in total. The number of nitrogens with two attached hydrogens (primary N) is 1. The SMILES string of the molecule is NC1=CS(=O)(=O)CS1(=O)=O. The number of hydrogen-bond donors (Lipinski definition) is 1. The van der Waals surface area contributed by atoms with Gasteiger partial charge < -0.3 is 5.73 Å². The highest BCUT2D eigenvalue weighted by molar-refractivity contribution is 8.14. The van der Waals surface area contributed by atoms with Crippen molar-refractivity contribution in [2.75, 3.05) is 5.08 Å². The van der Waals surface area contributed by atoms with E-state index < -0.39 is 29.8 Å². The quantitative estimate of drug-likeness (QED) is 0.495. The summed E-state index contributed by atoms with van der Waals surface area (Å²) in [6.45, 7) is 0. The molecule has 1 rings (SSSR count). The molecule has 0 amide bonds. The topological polar surface area (TPSA) is 94.3 Å². The van der Waals surface area contributed by atoms with Gasteiger partial charge in [0.2, 0.25) is 9.84 Å². The van der Waals surface area contributed by atoms with Gasteiger partial charge in [-0.3, -0.25) is 0 Å². The molecule has 0 bridgehead atoms. The van der Waals surface area contributed by atoms with E-state index in [9.17, 15) is 16.8 Å². The first kappa shape index (κ1) is 7.55. The molecule has 10 heavy (non-hydrogen) atoms. The predicted octanol–water partition coefficient (Wildman–Crippen LogP) is -1.46. The van der Waals surface area contributed by atoms with E-state index in [1.54, 1.807) is 0 Å². The highest BCUT2D eigenvalue weighted by Crippen LogP contribution is 2.15. The van der Waals surface area contributed by atoms with Crippen LogP contribution in [0.15, 0.2) is 10.4 Å². The van der Waals surface area contributed by atoms with Crippen LogP contribution in [0.4, 0.5) is 0 Å². The Morgan fingerprint density at radius 1 is 1.30 bits per heavy atom. The third-order valence-corrected chi connectivity index (χ3v) is 5.13. The molecule has 0 saturated carbocycles. The second-order valence-corrected chi connectivity index (χ2v) is 6.12. The van der Waals surface area contributed by atoms with Crippen LogP contribution in [0.5, 0.6) is 0 Å². The van der Waals surface area contributed by atoms with Gasteiger partial charge in [0.15, 0.2) is 14.9 Å². The fraction of sp³-hybridized carbons (Fsp3) is 0.333. The van der Waals surface area contributed by atoms with Crippen molar-refractivity contribution < 1.29 is 16.8 Å². The van der Waals surface area contributed by atoms with E-state index in [0.29, 0.717) is 5.41 Å². The maximum Gasteiger partial charge on any atom is 0.208 e. The van der Waals surface area contributed by atoms with Crippen molar-refractivity contribution in [3.05, 3.63) is 10.4 Å². The lowest BCUT2D eigenvalue weighted by atomic mass is 11.1. The average Bonchev–Trinajstić information content (AvgIpc) is 1.73. The zero-order valence-corrected chi connectivity index (χ0v) is 6.44. The van der Waals surface area contributed by atoms with E-state index >= 15 is 0 Å². The average molecular weight is 183 g/mol. The lowest BCUT2D eigenvalue weighted by Gasteiger charge is -1.88. The first-order chi connectivity index (χ1) is 4.33. The minimum Gasteiger partial charge on any atom is -0.389 e. The number of rotatable bonds is 0. The summed E-state index contributed by atoms with van der Waals surface area (Å²) in [6.07, 6.45) is 0. The normalized spacial score (nSPS) is 27.8. The van der Waals surface area contributed by atoms with Crippen molar-refractivity contribution in [3.8, 4) is 0 Å². The van der Waals surface area contributed by atoms with E-state index in [-0.39, 0.29) is 0 Å². The number of hydrogen-bond acceptors (Lipinski definition) is 5. The molecule has 2 N–H and O–H groups in total.